The lowest BCUT2D eigenvalue weighted by molar-refractivity contribution is -0.142. The molecule has 0 radical (unpaired) electrons. The molecule has 1 aromatic rings. The summed E-state index contributed by atoms with van der Waals surface area (Å²) in [6.07, 6.45) is 0.523. The Hall–Kier alpha value is -1.09. The summed E-state index contributed by atoms with van der Waals surface area (Å²) in [7, 11) is 1.31. The SMILES string of the molecule is CCC(C(=O)OC)c1cc(F)c(C)cc1Cl. The molecular weight excluding hydrogens is 231 g/mol. The van der Waals surface area contributed by atoms with Gasteiger partial charge >= 0.3 is 5.97 Å². The first kappa shape index (κ1) is 13.0. The molecule has 0 bridgehead atoms. The first-order chi connectivity index (χ1) is 7.51. The van der Waals surface area contributed by atoms with Gasteiger partial charge in [0, 0.05) is 5.02 Å². The van der Waals surface area contributed by atoms with Gasteiger partial charge in [-0.15, -0.1) is 0 Å². The molecule has 0 saturated carbocycles. The molecule has 0 aliphatic heterocycles. The summed E-state index contributed by atoms with van der Waals surface area (Å²) in [5, 5.41) is 0.399. The fourth-order valence-electron chi connectivity index (χ4n) is 1.58. The van der Waals surface area contributed by atoms with Crippen LogP contribution in [0, 0.1) is 12.7 Å². The van der Waals surface area contributed by atoms with Crippen LogP contribution in [-0.4, -0.2) is 13.1 Å². The second kappa shape index (κ2) is 5.30. The zero-order valence-corrected chi connectivity index (χ0v) is 10.3. The number of esters is 1. The highest BCUT2D eigenvalue weighted by atomic mass is 35.5. The van der Waals surface area contributed by atoms with Crippen molar-refractivity contribution in [1.29, 1.82) is 0 Å². The number of hydrogen-bond donors (Lipinski definition) is 0. The second-order valence-corrected chi connectivity index (χ2v) is 4.01. The highest BCUT2D eigenvalue weighted by Gasteiger charge is 2.22. The van der Waals surface area contributed by atoms with Crippen LogP contribution in [0.2, 0.25) is 5.02 Å². The van der Waals surface area contributed by atoms with Crippen LogP contribution in [-0.2, 0) is 9.53 Å². The van der Waals surface area contributed by atoms with Crippen molar-refractivity contribution in [2.24, 2.45) is 0 Å². The minimum atomic E-state index is -0.507. The molecule has 0 heterocycles. The minimum Gasteiger partial charge on any atom is -0.469 e. The van der Waals surface area contributed by atoms with Crippen molar-refractivity contribution in [2.75, 3.05) is 7.11 Å². The molecule has 0 aliphatic carbocycles. The van der Waals surface area contributed by atoms with Crippen LogP contribution in [0.4, 0.5) is 4.39 Å². The summed E-state index contributed by atoms with van der Waals surface area (Å²) in [6, 6.07) is 2.83. The molecule has 88 valence electrons. The smallest absolute Gasteiger partial charge is 0.313 e. The third-order valence-corrected chi connectivity index (χ3v) is 2.87. The highest BCUT2D eigenvalue weighted by molar-refractivity contribution is 6.31. The maximum atomic E-state index is 13.4. The molecule has 0 amide bonds. The second-order valence-electron chi connectivity index (χ2n) is 3.61. The number of halogens is 2. The number of aryl methyl sites for hydroxylation is 1. The van der Waals surface area contributed by atoms with Crippen LogP contribution in [0.3, 0.4) is 0 Å². The number of carbonyl (C=O) groups is 1. The van der Waals surface area contributed by atoms with Crippen molar-refractivity contribution in [2.45, 2.75) is 26.2 Å². The number of rotatable bonds is 3. The topological polar surface area (TPSA) is 26.3 Å². The van der Waals surface area contributed by atoms with Crippen molar-refractivity contribution >= 4 is 17.6 Å². The summed E-state index contributed by atoms with van der Waals surface area (Å²) < 4.78 is 18.1. The van der Waals surface area contributed by atoms with Crippen molar-refractivity contribution in [1.82, 2.24) is 0 Å². The Kier molecular flexibility index (Phi) is 4.30. The maximum absolute atomic E-state index is 13.4. The molecule has 1 unspecified atom stereocenters. The summed E-state index contributed by atoms with van der Waals surface area (Å²) >= 11 is 6.00. The van der Waals surface area contributed by atoms with Crippen LogP contribution >= 0.6 is 11.6 Å². The molecule has 0 saturated heterocycles. The quantitative estimate of drug-likeness (QED) is 0.762. The summed E-state index contributed by atoms with van der Waals surface area (Å²) in [5.41, 5.74) is 0.951. The van der Waals surface area contributed by atoms with E-state index in [1.54, 1.807) is 6.92 Å². The van der Waals surface area contributed by atoms with Crippen molar-refractivity contribution < 1.29 is 13.9 Å². The van der Waals surface area contributed by atoms with E-state index in [0.717, 1.165) is 0 Å². The fraction of sp³-hybridized carbons (Fsp3) is 0.417. The first-order valence-electron chi connectivity index (χ1n) is 5.04. The Balaban J connectivity index is 3.20. The van der Waals surface area contributed by atoms with Gasteiger partial charge in [0.25, 0.3) is 0 Å². The number of hydrogen-bond acceptors (Lipinski definition) is 2. The molecular formula is C12H14ClFO2. The van der Waals surface area contributed by atoms with Gasteiger partial charge in [-0.3, -0.25) is 4.79 Å². The van der Waals surface area contributed by atoms with E-state index in [9.17, 15) is 9.18 Å². The van der Waals surface area contributed by atoms with Crippen molar-refractivity contribution in [3.05, 3.63) is 34.1 Å². The van der Waals surface area contributed by atoms with E-state index in [4.69, 9.17) is 11.6 Å². The fourth-order valence-corrected chi connectivity index (χ4v) is 1.93. The van der Waals surface area contributed by atoms with Gasteiger partial charge in [0.05, 0.1) is 13.0 Å². The average molecular weight is 245 g/mol. The number of ether oxygens (including phenoxy) is 1. The molecule has 1 aromatic carbocycles. The predicted molar refractivity (Wildman–Crippen MR) is 61.2 cm³/mol. The molecule has 4 heteroatoms. The molecule has 0 spiro atoms. The molecule has 2 nitrogen and oxygen atoms in total. The summed E-state index contributed by atoms with van der Waals surface area (Å²) in [4.78, 5) is 11.5. The highest BCUT2D eigenvalue weighted by Crippen LogP contribution is 2.30. The lowest BCUT2D eigenvalue weighted by Crippen LogP contribution is -2.14. The Labute approximate surface area is 99.4 Å². The number of benzene rings is 1. The zero-order chi connectivity index (χ0) is 12.3. The Bertz CT molecular complexity index is 404. The lowest BCUT2D eigenvalue weighted by atomic mass is 9.95. The third-order valence-electron chi connectivity index (χ3n) is 2.55. The van der Waals surface area contributed by atoms with E-state index >= 15 is 0 Å². The molecule has 0 aromatic heterocycles. The molecule has 1 rings (SSSR count). The lowest BCUT2D eigenvalue weighted by Gasteiger charge is -2.15. The zero-order valence-electron chi connectivity index (χ0n) is 9.51. The predicted octanol–water partition coefficient (Wildman–Crippen LogP) is 3.45. The average Bonchev–Trinajstić information content (AvgIpc) is 2.26. The van der Waals surface area contributed by atoms with Gasteiger partial charge in [-0.1, -0.05) is 18.5 Å². The van der Waals surface area contributed by atoms with E-state index in [2.05, 4.69) is 4.74 Å². The molecule has 16 heavy (non-hydrogen) atoms. The van der Waals surface area contributed by atoms with Crippen LogP contribution < -0.4 is 0 Å². The molecule has 0 fully saturated rings. The van der Waals surface area contributed by atoms with E-state index in [0.29, 0.717) is 22.6 Å². The molecule has 1 atom stereocenters. The van der Waals surface area contributed by atoms with Crippen LogP contribution in [0.1, 0.15) is 30.4 Å². The number of carbonyl (C=O) groups excluding carboxylic acids is 1. The van der Waals surface area contributed by atoms with E-state index in [1.165, 1.54) is 19.2 Å². The third kappa shape index (κ3) is 2.53. The Morgan fingerprint density at radius 1 is 1.56 bits per heavy atom. The Morgan fingerprint density at radius 3 is 2.69 bits per heavy atom. The van der Waals surface area contributed by atoms with Gasteiger partial charge in [0.1, 0.15) is 5.82 Å². The van der Waals surface area contributed by atoms with E-state index in [1.807, 2.05) is 6.92 Å². The van der Waals surface area contributed by atoms with Gasteiger partial charge in [0.2, 0.25) is 0 Å². The van der Waals surface area contributed by atoms with Crippen LogP contribution in [0.5, 0.6) is 0 Å². The van der Waals surface area contributed by atoms with Gasteiger partial charge < -0.3 is 4.74 Å². The van der Waals surface area contributed by atoms with Gasteiger partial charge in [0.15, 0.2) is 0 Å². The van der Waals surface area contributed by atoms with Crippen molar-refractivity contribution in [3.8, 4) is 0 Å². The first-order valence-corrected chi connectivity index (χ1v) is 5.42. The van der Waals surface area contributed by atoms with Gasteiger partial charge in [-0.2, -0.15) is 0 Å². The van der Waals surface area contributed by atoms with E-state index < -0.39 is 11.9 Å². The van der Waals surface area contributed by atoms with Crippen LogP contribution in [0.25, 0.3) is 0 Å². The van der Waals surface area contributed by atoms with Gasteiger partial charge in [-0.25, -0.2) is 4.39 Å². The monoisotopic (exact) mass is 244 g/mol. The number of methoxy groups -OCH3 is 1. The van der Waals surface area contributed by atoms with Crippen LogP contribution in [0.15, 0.2) is 12.1 Å². The standard InChI is InChI=1S/C12H14ClFO2/c1-4-8(12(15)16-3)9-6-11(14)7(2)5-10(9)13/h5-6,8H,4H2,1-3H3. The molecule has 0 N–H and O–H groups in total. The normalized spacial score (nSPS) is 12.3. The largest absolute Gasteiger partial charge is 0.469 e. The van der Waals surface area contributed by atoms with E-state index in [-0.39, 0.29) is 5.82 Å². The Morgan fingerprint density at radius 2 is 2.19 bits per heavy atom. The van der Waals surface area contributed by atoms with Crippen molar-refractivity contribution in [3.63, 3.8) is 0 Å². The van der Waals surface area contributed by atoms with Gasteiger partial charge in [-0.05, 0) is 36.6 Å². The maximum Gasteiger partial charge on any atom is 0.313 e. The summed E-state index contributed by atoms with van der Waals surface area (Å²) in [6.45, 7) is 3.46. The summed E-state index contributed by atoms with van der Waals surface area (Å²) in [5.74, 6) is -1.26. The minimum absolute atomic E-state index is 0.359. The molecule has 0 aliphatic rings.